The van der Waals surface area contributed by atoms with Crippen molar-refractivity contribution in [2.45, 2.75) is 57.9 Å². The van der Waals surface area contributed by atoms with Gasteiger partial charge >= 0.3 is 0 Å². The lowest BCUT2D eigenvalue weighted by atomic mass is 10.1. The molecule has 0 radical (unpaired) electrons. The zero-order valence-corrected chi connectivity index (χ0v) is 10.8. The van der Waals surface area contributed by atoms with Gasteiger partial charge in [-0.05, 0) is 19.9 Å². The Morgan fingerprint density at radius 3 is 2.44 bits per heavy atom. The Bertz CT molecular complexity index is 177. The summed E-state index contributed by atoms with van der Waals surface area (Å²) in [5.41, 5.74) is 0. The number of nitrogens with one attached hydrogen (secondary N) is 1. The van der Waals surface area contributed by atoms with Gasteiger partial charge < -0.3 is 10.1 Å². The molecule has 0 aliphatic carbocycles. The van der Waals surface area contributed by atoms with E-state index < -0.39 is 0 Å². The second kappa shape index (κ2) is 12.5. The Hall–Kier alpha value is -0.590. The molecule has 0 aliphatic heterocycles. The van der Waals surface area contributed by atoms with E-state index in [-0.39, 0.29) is 6.04 Å². The van der Waals surface area contributed by atoms with Gasteiger partial charge in [0.05, 0.1) is 12.1 Å². The van der Waals surface area contributed by atoms with E-state index in [1.165, 1.54) is 32.1 Å². The summed E-state index contributed by atoms with van der Waals surface area (Å²) >= 11 is 0. The van der Waals surface area contributed by atoms with Gasteiger partial charge in [0.2, 0.25) is 0 Å². The zero-order chi connectivity index (χ0) is 12.1. The fraction of sp³-hybridized carbons (Fsp3) is 0.923. The van der Waals surface area contributed by atoms with Gasteiger partial charge in [0, 0.05) is 13.2 Å². The summed E-state index contributed by atoms with van der Waals surface area (Å²) in [6.07, 6.45) is 8.54. The molecule has 0 spiro atoms. The Balaban J connectivity index is 3.07. The molecule has 0 rings (SSSR count). The highest BCUT2D eigenvalue weighted by atomic mass is 16.5. The van der Waals surface area contributed by atoms with Crippen molar-refractivity contribution >= 4 is 0 Å². The Morgan fingerprint density at radius 1 is 1.12 bits per heavy atom. The topological polar surface area (TPSA) is 45.0 Å². The molecule has 3 nitrogen and oxygen atoms in total. The number of unbranched alkanes of at least 4 members (excludes halogenated alkanes) is 5. The van der Waals surface area contributed by atoms with E-state index in [1.807, 2.05) is 7.05 Å². The van der Waals surface area contributed by atoms with Crippen LogP contribution in [-0.4, -0.2) is 26.3 Å². The van der Waals surface area contributed by atoms with Crippen molar-refractivity contribution in [1.82, 2.24) is 5.32 Å². The first kappa shape index (κ1) is 15.4. The van der Waals surface area contributed by atoms with Crippen LogP contribution in [0.4, 0.5) is 0 Å². The van der Waals surface area contributed by atoms with Crippen LogP contribution < -0.4 is 5.32 Å². The van der Waals surface area contributed by atoms with Crippen LogP contribution in [0.2, 0.25) is 0 Å². The molecule has 0 aliphatic rings. The molecule has 94 valence electrons. The molecule has 1 atom stereocenters. The Kier molecular flexibility index (Phi) is 12.0. The molecule has 0 aromatic carbocycles. The van der Waals surface area contributed by atoms with Crippen LogP contribution >= 0.6 is 0 Å². The summed E-state index contributed by atoms with van der Waals surface area (Å²) < 4.78 is 5.48. The van der Waals surface area contributed by atoms with E-state index >= 15 is 0 Å². The summed E-state index contributed by atoms with van der Waals surface area (Å²) in [5.74, 6) is 0. The fourth-order valence-electron chi connectivity index (χ4n) is 1.56. The van der Waals surface area contributed by atoms with Crippen LogP contribution in [0.1, 0.15) is 51.9 Å². The zero-order valence-electron chi connectivity index (χ0n) is 10.8. The third-order valence-electron chi connectivity index (χ3n) is 2.70. The largest absolute Gasteiger partial charge is 0.381 e. The van der Waals surface area contributed by atoms with Gasteiger partial charge in [-0.1, -0.05) is 39.0 Å². The van der Waals surface area contributed by atoms with E-state index in [4.69, 9.17) is 10.00 Å². The summed E-state index contributed by atoms with van der Waals surface area (Å²) in [6.45, 7) is 3.76. The van der Waals surface area contributed by atoms with Crippen molar-refractivity contribution in [1.29, 1.82) is 5.26 Å². The number of hydrogen-bond donors (Lipinski definition) is 1. The van der Waals surface area contributed by atoms with Crippen molar-refractivity contribution in [3.63, 3.8) is 0 Å². The Labute approximate surface area is 100 Å². The number of ether oxygens (including phenoxy) is 1. The van der Waals surface area contributed by atoms with E-state index in [0.29, 0.717) is 6.61 Å². The maximum atomic E-state index is 8.68. The average molecular weight is 226 g/mol. The van der Waals surface area contributed by atoms with Gasteiger partial charge in [-0.2, -0.15) is 5.26 Å². The lowest BCUT2D eigenvalue weighted by Gasteiger charge is -2.07. The summed E-state index contributed by atoms with van der Waals surface area (Å²) in [5, 5.41) is 11.6. The molecule has 0 saturated heterocycles. The number of rotatable bonds is 11. The highest BCUT2D eigenvalue weighted by molar-refractivity contribution is 4.87. The minimum absolute atomic E-state index is 0.0652. The molecular formula is C13H26N2O. The molecule has 0 saturated carbocycles. The molecular weight excluding hydrogens is 200 g/mol. The predicted molar refractivity (Wildman–Crippen MR) is 67.3 cm³/mol. The van der Waals surface area contributed by atoms with Gasteiger partial charge in [-0.25, -0.2) is 0 Å². The summed E-state index contributed by atoms with van der Waals surface area (Å²) in [7, 11) is 1.81. The van der Waals surface area contributed by atoms with Crippen LogP contribution in [0.15, 0.2) is 0 Å². The quantitative estimate of drug-likeness (QED) is 0.551. The molecule has 0 fully saturated rings. The SMILES string of the molecule is CCCCCCCCOCCC(C#N)NC. The fourth-order valence-corrected chi connectivity index (χ4v) is 1.56. The van der Waals surface area contributed by atoms with Gasteiger partial charge in [-0.3, -0.25) is 0 Å². The lowest BCUT2D eigenvalue weighted by molar-refractivity contribution is 0.124. The molecule has 0 heterocycles. The maximum Gasteiger partial charge on any atom is 0.0972 e. The number of nitriles is 1. The second-order valence-corrected chi connectivity index (χ2v) is 4.14. The minimum Gasteiger partial charge on any atom is -0.381 e. The predicted octanol–water partition coefficient (Wildman–Crippen LogP) is 2.87. The summed E-state index contributed by atoms with van der Waals surface area (Å²) in [6, 6.07) is 2.12. The highest BCUT2D eigenvalue weighted by Gasteiger charge is 2.02. The monoisotopic (exact) mass is 226 g/mol. The van der Waals surface area contributed by atoms with Crippen LogP contribution in [0, 0.1) is 11.3 Å². The van der Waals surface area contributed by atoms with Crippen LogP contribution in [0.3, 0.4) is 0 Å². The average Bonchev–Trinajstić information content (AvgIpc) is 2.32. The van der Waals surface area contributed by atoms with E-state index in [9.17, 15) is 0 Å². The Morgan fingerprint density at radius 2 is 1.81 bits per heavy atom. The molecule has 16 heavy (non-hydrogen) atoms. The van der Waals surface area contributed by atoms with Gasteiger partial charge in [-0.15, -0.1) is 0 Å². The van der Waals surface area contributed by atoms with Crippen molar-refractivity contribution in [3.8, 4) is 6.07 Å². The normalized spacial score (nSPS) is 12.3. The highest BCUT2D eigenvalue weighted by Crippen LogP contribution is 2.05. The first-order chi connectivity index (χ1) is 7.85. The summed E-state index contributed by atoms with van der Waals surface area (Å²) in [4.78, 5) is 0. The van der Waals surface area contributed by atoms with E-state index in [2.05, 4.69) is 18.3 Å². The number of nitrogens with zero attached hydrogens (tertiary/aromatic N) is 1. The van der Waals surface area contributed by atoms with Crippen LogP contribution in [0.25, 0.3) is 0 Å². The first-order valence-corrected chi connectivity index (χ1v) is 6.49. The van der Waals surface area contributed by atoms with Crippen molar-refractivity contribution in [2.24, 2.45) is 0 Å². The van der Waals surface area contributed by atoms with Gasteiger partial charge in [0.25, 0.3) is 0 Å². The maximum absolute atomic E-state index is 8.68. The molecule has 1 N–H and O–H groups in total. The van der Waals surface area contributed by atoms with Crippen LogP contribution in [0.5, 0.6) is 0 Å². The number of hydrogen-bond acceptors (Lipinski definition) is 3. The molecule has 0 amide bonds. The van der Waals surface area contributed by atoms with Gasteiger partial charge in [0.1, 0.15) is 0 Å². The molecule has 0 bridgehead atoms. The van der Waals surface area contributed by atoms with Crippen LogP contribution in [-0.2, 0) is 4.74 Å². The molecule has 0 aromatic rings. The lowest BCUT2D eigenvalue weighted by Crippen LogP contribution is -2.24. The molecule has 1 unspecified atom stereocenters. The third kappa shape index (κ3) is 9.95. The second-order valence-electron chi connectivity index (χ2n) is 4.14. The van der Waals surface area contributed by atoms with Crippen molar-refractivity contribution < 1.29 is 4.74 Å². The molecule has 3 heteroatoms. The third-order valence-corrected chi connectivity index (χ3v) is 2.70. The molecule has 0 aromatic heterocycles. The van der Waals surface area contributed by atoms with Crippen molar-refractivity contribution in [3.05, 3.63) is 0 Å². The smallest absolute Gasteiger partial charge is 0.0972 e. The first-order valence-electron chi connectivity index (χ1n) is 6.49. The standard InChI is InChI=1S/C13H26N2O/c1-3-4-5-6-7-8-10-16-11-9-13(12-14)15-2/h13,15H,3-11H2,1-2H3. The van der Waals surface area contributed by atoms with Crippen molar-refractivity contribution in [2.75, 3.05) is 20.3 Å². The van der Waals surface area contributed by atoms with Gasteiger partial charge in [0.15, 0.2) is 0 Å². The van der Waals surface area contributed by atoms with E-state index in [1.54, 1.807) is 0 Å². The minimum atomic E-state index is -0.0652. The van der Waals surface area contributed by atoms with E-state index in [0.717, 1.165) is 19.4 Å².